The fourth-order valence-corrected chi connectivity index (χ4v) is 3.85. The summed E-state index contributed by atoms with van der Waals surface area (Å²) >= 11 is 0. The molecule has 0 unspecified atom stereocenters. The Bertz CT molecular complexity index is 925. The Kier molecular flexibility index (Phi) is 4.28. The van der Waals surface area contributed by atoms with E-state index in [9.17, 15) is 4.79 Å². The van der Waals surface area contributed by atoms with Crippen LogP contribution in [0.2, 0.25) is 0 Å². The normalized spacial score (nSPS) is 16.3. The van der Waals surface area contributed by atoms with E-state index in [1.165, 1.54) is 5.56 Å². The first-order chi connectivity index (χ1) is 12.2. The summed E-state index contributed by atoms with van der Waals surface area (Å²) in [6.45, 7) is 2.96. The van der Waals surface area contributed by atoms with Crippen molar-refractivity contribution in [2.24, 2.45) is 0 Å². The zero-order valence-electron chi connectivity index (χ0n) is 14.3. The largest absolute Gasteiger partial charge is 0.394 e. The maximum absolute atomic E-state index is 12.7. The molecular weight excluding hydrogens is 310 g/mol. The second kappa shape index (κ2) is 6.73. The molecule has 4 nitrogen and oxygen atoms in total. The van der Waals surface area contributed by atoms with Gasteiger partial charge in [-0.1, -0.05) is 48.5 Å². The minimum atomic E-state index is -0.0554. The van der Waals surface area contributed by atoms with Crippen molar-refractivity contribution in [3.63, 3.8) is 0 Å². The molecule has 0 radical (unpaired) electrons. The number of nitrogens with zero attached hydrogens (tertiary/aromatic N) is 2. The van der Waals surface area contributed by atoms with Crippen molar-refractivity contribution in [2.45, 2.75) is 25.4 Å². The van der Waals surface area contributed by atoms with Crippen LogP contribution < -0.4 is 11.3 Å². The summed E-state index contributed by atoms with van der Waals surface area (Å²) < 4.78 is 1.92. The van der Waals surface area contributed by atoms with Crippen LogP contribution in [0.1, 0.15) is 24.4 Å². The van der Waals surface area contributed by atoms with Crippen molar-refractivity contribution in [2.75, 3.05) is 18.8 Å². The minimum Gasteiger partial charge on any atom is -0.394 e. The smallest absolute Gasteiger partial charge is 0.274 e. The number of hydrogen-bond donors (Lipinski definition) is 1. The first-order valence-corrected chi connectivity index (χ1v) is 8.88. The van der Waals surface area contributed by atoms with Crippen molar-refractivity contribution in [1.82, 2.24) is 9.47 Å². The number of benzene rings is 2. The third-order valence-corrected chi connectivity index (χ3v) is 5.14. The molecule has 0 amide bonds. The van der Waals surface area contributed by atoms with Crippen LogP contribution in [0.25, 0.3) is 10.9 Å². The predicted molar refractivity (Wildman–Crippen MR) is 103 cm³/mol. The number of likely N-dealkylation sites (tertiary alicyclic amines) is 1. The molecule has 1 aliphatic heterocycles. The molecule has 0 spiro atoms. The fraction of sp³-hybridized carbons (Fsp3) is 0.286. The van der Waals surface area contributed by atoms with E-state index in [4.69, 9.17) is 5.73 Å². The summed E-state index contributed by atoms with van der Waals surface area (Å²) in [6, 6.07) is 20.6. The zero-order valence-corrected chi connectivity index (χ0v) is 14.3. The van der Waals surface area contributed by atoms with E-state index >= 15 is 0 Å². The van der Waals surface area contributed by atoms with Gasteiger partial charge in [-0.25, -0.2) is 0 Å². The Hall–Kier alpha value is -2.59. The third kappa shape index (κ3) is 3.17. The van der Waals surface area contributed by atoms with E-state index in [0.717, 1.165) is 43.4 Å². The first kappa shape index (κ1) is 15.9. The van der Waals surface area contributed by atoms with E-state index in [1.54, 1.807) is 6.07 Å². The van der Waals surface area contributed by atoms with Gasteiger partial charge in [0.25, 0.3) is 5.56 Å². The Morgan fingerprint density at radius 1 is 0.960 bits per heavy atom. The van der Waals surface area contributed by atoms with Gasteiger partial charge >= 0.3 is 0 Å². The number of piperidine rings is 1. The summed E-state index contributed by atoms with van der Waals surface area (Å²) in [4.78, 5) is 15.1. The van der Waals surface area contributed by atoms with E-state index in [1.807, 2.05) is 34.9 Å². The molecule has 1 aromatic heterocycles. The van der Waals surface area contributed by atoms with E-state index in [0.29, 0.717) is 5.69 Å². The van der Waals surface area contributed by atoms with E-state index < -0.39 is 0 Å². The van der Waals surface area contributed by atoms with Gasteiger partial charge in [-0.3, -0.25) is 9.69 Å². The predicted octanol–water partition coefficient (Wildman–Crippen LogP) is 3.42. The number of rotatable bonds is 3. The number of nitrogens with two attached hydrogens (primary N) is 1. The summed E-state index contributed by atoms with van der Waals surface area (Å²) in [6.07, 6.45) is 1.94. The number of hydrogen-bond acceptors (Lipinski definition) is 3. The molecule has 2 N–H and O–H groups in total. The van der Waals surface area contributed by atoms with E-state index in [-0.39, 0.29) is 11.6 Å². The van der Waals surface area contributed by atoms with Crippen LogP contribution >= 0.6 is 0 Å². The van der Waals surface area contributed by atoms with Gasteiger partial charge in [-0.15, -0.1) is 0 Å². The number of fused-ring (bicyclic) bond motifs is 1. The SMILES string of the molecule is Nc1cc2ccccc2n(C2CCN(Cc3ccccc3)CC2)c1=O. The molecule has 2 heterocycles. The zero-order chi connectivity index (χ0) is 17.2. The third-order valence-electron chi connectivity index (χ3n) is 5.14. The highest BCUT2D eigenvalue weighted by Crippen LogP contribution is 2.26. The van der Waals surface area contributed by atoms with Crippen LogP contribution in [0.5, 0.6) is 0 Å². The molecule has 2 aromatic carbocycles. The lowest BCUT2D eigenvalue weighted by Crippen LogP contribution is -2.37. The van der Waals surface area contributed by atoms with Gasteiger partial charge in [0.1, 0.15) is 0 Å². The average molecular weight is 333 g/mol. The summed E-state index contributed by atoms with van der Waals surface area (Å²) in [5.41, 5.74) is 8.59. The lowest BCUT2D eigenvalue weighted by atomic mass is 10.0. The van der Waals surface area contributed by atoms with Crippen molar-refractivity contribution in [3.05, 3.63) is 76.6 Å². The van der Waals surface area contributed by atoms with Gasteiger partial charge < -0.3 is 10.3 Å². The Morgan fingerprint density at radius 3 is 2.40 bits per heavy atom. The highest BCUT2D eigenvalue weighted by atomic mass is 16.1. The molecular formula is C21H23N3O. The number of aromatic nitrogens is 1. The minimum absolute atomic E-state index is 0.0554. The molecule has 3 aromatic rings. The molecule has 4 rings (SSSR count). The monoisotopic (exact) mass is 333 g/mol. The van der Waals surface area contributed by atoms with Crippen molar-refractivity contribution in [1.29, 1.82) is 0 Å². The highest BCUT2D eigenvalue weighted by molar-refractivity contribution is 5.81. The molecule has 0 atom stereocenters. The van der Waals surface area contributed by atoms with Crippen LogP contribution in [0, 0.1) is 0 Å². The molecule has 0 saturated carbocycles. The summed E-state index contributed by atoms with van der Waals surface area (Å²) in [5.74, 6) is 0. The second-order valence-electron chi connectivity index (χ2n) is 6.83. The Morgan fingerprint density at radius 2 is 1.64 bits per heavy atom. The van der Waals surface area contributed by atoms with Gasteiger partial charge in [0.2, 0.25) is 0 Å². The van der Waals surface area contributed by atoms with E-state index in [2.05, 4.69) is 29.2 Å². The number of nitrogen functional groups attached to an aromatic ring is 1. The van der Waals surface area contributed by atoms with Crippen LogP contribution in [0.3, 0.4) is 0 Å². The molecule has 0 bridgehead atoms. The number of para-hydroxylation sites is 1. The first-order valence-electron chi connectivity index (χ1n) is 8.88. The van der Waals surface area contributed by atoms with Gasteiger partial charge in [-0.05, 0) is 30.5 Å². The second-order valence-corrected chi connectivity index (χ2v) is 6.83. The van der Waals surface area contributed by atoms with Crippen LogP contribution in [0.15, 0.2) is 65.5 Å². The van der Waals surface area contributed by atoms with Gasteiger partial charge in [-0.2, -0.15) is 0 Å². The van der Waals surface area contributed by atoms with Gasteiger partial charge in [0.05, 0.1) is 11.2 Å². The van der Waals surface area contributed by atoms with Crippen LogP contribution in [-0.2, 0) is 6.54 Å². The molecule has 0 aliphatic carbocycles. The number of pyridine rings is 1. The standard InChI is InChI=1S/C21H23N3O/c22-19-14-17-8-4-5-9-20(17)24(21(19)25)18-10-12-23(13-11-18)15-16-6-2-1-3-7-16/h1-9,14,18H,10-13,15,22H2. The molecule has 4 heteroatoms. The lowest BCUT2D eigenvalue weighted by molar-refractivity contribution is 0.180. The maximum Gasteiger partial charge on any atom is 0.274 e. The topological polar surface area (TPSA) is 51.3 Å². The average Bonchev–Trinajstić information content (AvgIpc) is 2.65. The molecule has 1 fully saturated rings. The number of anilines is 1. The van der Waals surface area contributed by atoms with Crippen LogP contribution in [-0.4, -0.2) is 22.6 Å². The maximum atomic E-state index is 12.7. The summed E-state index contributed by atoms with van der Waals surface area (Å²) in [5, 5.41) is 1.03. The van der Waals surface area contributed by atoms with Gasteiger partial charge in [0, 0.05) is 31.1 Å². The van der Waals surface area contributed by atoms with Crippen molar-refractivity contribution >= 4 is 16.6 Å². The highest BCUT2D eigenvalue weighted by Gasteiger charge is 2.23. The quantitative estimate of drug-likeness (QED) is 0.799. The molecule has 1 saturated heterocycles. The van der Waals surface area contributed by atoms with Crippen LogP contribution in [0.4, 0.5) is 5.69 Å². The molecule has 1 aliphatic rings. The van der Waals surface area contributed by atoms with Gasteiger partial charge in [0.15, 0.2) is 0 Å². The Labute approximate surface area is 147 Å². The Balaban J connectivity index is 1.56. The molecule has 25 heavy (non-hydrogen) atoms. The van der Waals surface area contributed by atoms with Crippen molar-refractivity contribution < 1.29 is 0 Å². The summed E-state index contributed by atoms with van der Waals surface area (Å²) in [7, 11) is 0. The molecule has 128 valence electrons. The fourth-order valence-electron chi connectivity index (χ4n) is 3.85. The lowest BCUT2D eigenvalue weighted by Gasteiger charge is -2.33. The van der Waals surface area contributed by atoms with Crippen molar-refractivity contribution in [3.8, 4) is 0 Å².